The molecule has 0 amide bonds. The van der Waals surface area contributed by atoms with Crippen LogP contribution in [0.5, 0.6) is 0 Å². The van der Waals surface area contributed by atoms with Gasteiger partial charge in [-0.2, -0.15) is 0 Å². The van der Waals surface area contributed by atoms with Gasteiger partial charge in [0.1, 0.15) is 0 Å². The molecular weight excluding hydrogens is 180 g/mol. The molecule has 0 bridgehead atoms. The molecule has 1 atom stereocenters. The van der Waals surface area contributed by atoms with Gasteiger partial charge in [-0.25, -0.2) is 0 Å². The van der Waals surface area contributed by atoms with Crippen LogP contribution in [-0.2, 0) is 0 Å². The number of hydrogen-bond acceptors (Lipinski definition) is 0. The standard InChI is InChI=1S/C15H28/c1-12(2)15(11-14-8-5-9-14)10-13-6-3-4-7-13/h12-15H,3-11H2,1-2H3. The van der Waals surface area contributed by atoms with Crippen LogP contribution in [0.25, 0.3) is 0 Å². The van der Waals surface area contributed by atoms with E-state index in [4.69, 9.17) is 0 Å². The van der Waals surface area contributed by atoms with E-state index in [1.54, 1.807) is 12.8 Å². The van der Waals surface area contributed by atoms with Crippen LogP contribution in [0.15, 0.2) is 0 Å². The van der Waals surface area contributed by atoms with E-state index in [0.29, 0.717) is 0 Å². The monoisotopic (exact) mass is 208 g/mol. The summed E-state index contributed by atoms with van der Waals surface area (Å²) < 4.78 is 0. The van der Waals surface area contributed by atoms with Crippen LogP contribution in [0.4, 0.5) is 0 Å². The lowest BCUT2D eigenvalue weighted by atomic mass is 9.73. The first kappa shape index (κ1) is 11.5. The zero-order valence-corrected chi connectivity index (χ0v) is 10.7. The summed E-state index contributed by atoms with van der Waals surface area (Å²) in [5.41, 5.74) is 0. The van der Waals surface area contributed by atoms with Crippen LogP contribution in [0.2, 0.25) is 0 Å². The number of hydrogen-bond donors (Lipinski definition) is 0. The van der Waals surface area contributed by atoms with Gasteiger partial charge in [0, 0.05) is 0 Å². The third-order valence-electron chi connectivity index (χ3n) is 4.91. The fourth-order valence-corrected chi connectivity index (χ4v) is 3.47. The van der Waals surface area contributed by atoms with E-state index in [2.05, 4.69) is 13.8 Å². The van der Waals surface area contributed by atoms with Crippen LogP contribution >= 0.6 is 0 Å². The van der Waals surface area contributed by atoms with Gasteiger partial charge in [-0.1, -0.05) is 58.8 Å². The lowest BCUT2D eigenvalue weighted by molar-refractivity contribution is 0.189. The Balaban J connectivity index is 1.76. The van der Waals surface area contributed by atoms with Crippen LogP contribution in [0.3, 0.4) is 0 Å². The average Bonchev–Trinajstić information content (AvgIpc) is 2.60. The molecule has 2 fully saturated rings. The molecule has 0 heteroatoms. The van der Waals surface area contributed by atoms with Crippen molar-refractivity contribution in [1.29, 1.82) is 0 Å². The molecule has 0 aliphatic heterocycles. The van der Waals surface area contributed by atoms with Crippen molar-refractivity contribution in [2.45, 2.75) is 71.6 Å². The van der Waals surface area contributed by atoms with E-state index < -0.39 is 0 Å². The molecule has 1 unspecified atom stereocenters. The zero-order valence-electron chi connectivity index (χ0n) is 10.7. The van der Waals surface area contributed by atoms with Crippen molar-refractivity contribution in [2.24, 2.45) is 23.7 Å². The van der Waals surface area contributed by atoms with Gasteiger partial charge in [0.2, 0.25) is 0 Å². The van der Waals surface area contributed by atoms with Crippen LogP contribution in [0.1, 0.15) is 71.6 Å². The zero-order chi connectivity index (χ0) is 10.7. The molecule has 2 aliphatic carbocycles. The number of rotatable bonds is 5. The van der Waals surface area contributed by atoms with E-state index in [9.17, 15) is 0 Å². The van der Waals surface area contributed by atoms with E-state index >= 15 is 0 Å². The van der Waals surface area contributed by atoms with Gasteiger partial charge >= 0.3 is 0 Å². The summed E-state index contributed by atoms with van der Waals surface area (Å²) in [7, 11) is 0. The van der Waals surface area contributed by atoms with E-state index in [0.717, 1.165) is 23.7 Å². The van der Waals surface area contributed by atoms with Gasteiger partial charge in [0.15, 0.2) is 0 Å². The third-order valence-corrected chi connectivity index (χ3v) is 4.91. The molecule has 2 rings (SSSR count). The molecule has 0 aromatic heterocycles. The summed E-state index contributed by atoms with van der Waals surface area (Å²) in [6.07, 6.45) is 13.8. The summed E-state index contributed by atoms with van der Waals surface area (Å²) in [5.74, 6) is 4.17. The van der Waals surface area contributed by atoms with Crippen molar-refractivity contribution in [3.8, 4) is 0 Å². The smallest absolute Gasteiger partial charge is 0.0386 e. The van der Waals surface area contributed by atoms with Crippen molar-refractivity contribution >= 4 is 0 Å². The molecule has 0 nitrogen and oxygen atoms in total. The third kappa shape index (κ3) is 3.23. The average molecular weight is 208 g/mol. The van der Waals surface area contributed by atoms with Gasteiger partial charge in [-0.15, -0.1) is 0 Å². The van der Waals surface area contributed by atoms with Crippen molar-refractivity contribution in [3.05, 3.63) is 0 Å². The molecule has 15 heavy (non-hydrogen) atoms. The van der Waals surface area contributed by atoms with E-state index in [1.165, 1.54) is 44.9 Å². The summed E-state index contributed by atoms with van der Waals surface area (Å²) in [5, 5.41) is 0. The predicted molar refractivity (Wildman–Crippen MR) is 66.9 cm³/mol. The van der Waals surface area contributed by atoms with Gasteiger partial charge in [-0.05, 0) is 36.5 Å². The van der Waals surface area contributed by atoms with Crippen molar-refractivity contribution in [1.82, 2.24) is 0 Å². The maximum atomic E-state index is 2.44. The Morgan fingerprint density at radius 2 is 1.27 bits per heavy atom. The maximum absolute atomic E-state index is 2.44. The normalized spacial score (nSPS) is 25.8. The Hall–Kier alpha value is 0. The summed E-state index contributed by atoms with van der Waals surface area (Å²) in [6, 6.07) is 0. The van der Waals surface area contributed by atoms with E-state index in [1.807, 2.05) is 0 Å². The Labute approximate surface area is 95.8 Å². The molecule has 0 spiro atoms. The second-order valence-electron chi connectivity index (χ2n) is 6.42. The topological polar surface area (TPSA) is 0 Å². The highest BCUT2D eigenvalue weighted by Crippen LogP contribution is 2.39. The molecule has 2 saturated carbocycles. The second kappa shape index (κ2) is 5.37. The van der Waals surface area contributed by atoms with Crippen LogP contribution in [-0.4, -0.2) is 0 Å². The molecule has 0 aromatic carbocycles. The van der Waals surface area contributed by atoms with Crippen LogP contribution in [0, 0.1) is 23.7 Å². The lowest BCUT2D eigenvalue weighted by Crippen LogP contribution is -2.21. The molecule has 88 valence electrons. The minimum Gasteiger partial charge on any atom is -0.0625 e. The van der Waals surface area contributed by atoms with Gasteiger partial charge in [0.05, 0.1) is 0 Å². The molecule has 0 heterocycles. The summed E-state index contributed by atoms with van der Waals surface area (Å²) in [4.78, 5) is 0. The van der Waals surface area contributed by atoms with Crippen molar-refractivity contribution < 1.29 is 0 Å². The molecule has 0 radical (unpaired) electrons. The molecular formula is C15H28. The quantitative estimate of drug-likeness (QED) is 0.594. The first-order valence-electron chi connectivity index (χ1n) is 7.25. The van der Waals surface area contributed by atoms with Gasteiger partial charge in [-0.3, -0.25) is 0 Å². The first-order chi connectivity index (χ1) is 7.25. The Bertz CT molecular complexity index is 172. The Morgan fingerprint density at radius 1 is 0.800 bits per heavy atom. The summed E-state index contributed by atoms with van der Waals surface area (Å²) in [6.45, 7) is 4.89. The molecule has 0 saturated heterocycles. The SMILES string of the molecule is CC(C)C(CC1CCCC1)CC1CCC1. The highest BCUT2D eigenvalue weighted by molar-refractivity contribution is 4.78. The molecule has 2 aliphatic rings. The minimum atomic E-state index is 0.922. The highest BCUT2D eigenvalue weighted by Gasteiger charge is 2.27. The fourth-order valence-electron chi connectivity index (χ4n) is 3.47. The van der Waals surface area contributed by atoms with Gasteiger partial charge in [0.25, 0.3) is 0 Å². The lowest BCUT2D eigenvalue weighted by Gasteiger charge is -2.33. The predicted octanol–water partition coefficient (Wildman–Crippen LogP) is 5.03. The highest BCUT2D eigenvalue weighted by atomic mass is 14.3. The van der Waals surface area contributed by atoms with Crippen molar-refractivity contribution in [3.63, 3.8) is 0 Å². The first-order valence-corrected chi connectivity index (χ1v) is 7.25. The molecule has 0 aromatic rings. The second-order valence-corrected chi connectivity index (χ2v) is 6.42. The maximum Gasteiger partial charge on any atom is -0.0386 e. The Morgan fingerprint density at radius 3 is 1.60 bits per heavy atom. The summed E-state index contributed by atoms with van der Waals surface area (Å²) >= 11 is 0. The fraction of sp³-hybridized carbons (Fsp3) is 1.00. The van der Waals surface area contributed by atoms with E-state index in [-0.39, 0.29) is 0 Å². The van der Waals surface area contributed by atoms with Crippen LogP contribution < -0.4 is 0 Å². The van der Waals surface area contributed by atoms with Gasteiger partial charge < -0.3 is 0 Å². The Kier molecular flexibility index (Phi) is 4.11. The molecule has 0 N–H and O–H groups in total. The minimum absolute atomic E-state index is 0.922. The van der Waals surface area contributed by atoms with Crippen molar-refractivity contribution in [2.75, 3.05) is 0 Å². The largest absolute Gasteiger partial charge is 0.0625 e.